The summed E-state index contributed by atoms with van der Waals surface area (Å²) in [6.45, 7) is 10.0. The summed E-state index contributed by atoms with van der Waals surface area (Å²) in [7, 11) is 0. The van der Waals surface area contributed by atoms with Crippen LogP contribution in [0.5, 0.6) is 5.75 Å². The standard InChI is InChI=1S/C18H27N3O3/c1-3-24-17-10-14(2)4-5-15(17)11-19-18(22)21-7-6-20-8-9-23-13-16(20)12-21/h4-5,10,16H,3,6-9,11-13H2,1-2H3,(H,19,22)/t16-/m1/s1. The van der Waals surface area contributed by atoms with E-state index in [-0.39, 0.29) is 6.03 Å². The van der Waals surface area contributed by atoms with Crippen LogP contribution in [0.3, 0.4) is 0 Å². The first-order valence-corrected chi connectivity index (χ1v) is 8.74. The van der Waals surface area contributed by atoms with E-state index < -0.39 is 0 Å². The molecule has 2 heterocycles. The van der Waals surface area contributed by atoms with E-state index in [2.05, 4.69) is 10.2 Å². The molecule has 0 saturated carbocycles. The van der Waals surface area contributed by atoms with Crippen LogP contribution in [0.1, 0.15) is 18.1 Å². The third-order valence-corrected chi connectivity index (χ3v) is 4.68. The maximum Gasteiger partial charge on any atom is 0.317 e. The van der Waals surface area contributed by atoms with Crippen LogP contribution in [0.2, 0.25) is 0 Å². The molecule has 2 saturated heterocycles. The summed E-state index contributed by atoms with van der Waals surface area (Å²) in [5, 5.41) is 3.03. The molecule has 1 aromatic rings. The number of carbonyl (C=O) groups excluding carboxylic acids is 1. The molecular weight excluding hydrogens is 306 g/mol. The molecule has 0 bridgehead atoms. The number of rotatable bonds is 4. The Balaban J connectivity index is 1.56. The van der Waals surface area contributed by atoms with Crippen molar-refractivity contribution >= 4 is 6.03 Å². The Morgan fingerprint density at radius 2 is 2.25 bits per heavy atom. The molecule has 0 radical (unpaired) electrons. The fourth-order valence-corrected chi connectivity index (χ4v) is 3.31. The maximum absolute atomic E-state index is 12.5. The van der Waals surface area contributed by atoms with E-state index in [9.17, 15) is 4.79 Å². The molecule has 2 amide bonds. The van der Waals surface area contributed by atoms with Crippen LogP contribution in [0, 0.1) is 6.92 Å². The normalized spacial score (nSPS) is 21.2. The molecule has 0 spiro atoms. The lowest BCUT2D eigenvalue weighted by molar-refractivity contribution is -0.0365. The third-order valence-electron chi connectivity index (χ3n) is 4.68. The van der Waals surface area contributed by atoms with Crippen LogP contribution in [0.4, 0.5) is 4.79 Å². The minimum Gasteiger partial charge on any atom is -0.494 e. The van der Waals surface area contributed by atoms with Crippen LogP contribution < -0.4 is 10.1 Å². The highest BCUT2D eigenvalue weighted by molar-refractivity contribution is 5.74. The number of amides is 2. The predicted octanol–water partition coefficient (Wildman–Crippen LogP) is 1.62. The van der Waals surface area contributed by atoms with Gasteiger partial charge in [0.2, 0.25) is 0 Å². The van der Waals surface area contributed by atoms with Crippen molar-refractivity contribution in [1.82, 2.24) is 15.1 Å². The van der Waals surface area contributed by atoms with Crippen molar-refractivity contribution in [3.63, 3.8) is 0 Å². The van der Waals surface area contributed by atoms with Crippen molar-refractivity contribution < 1.29 is 14.3 Å². The largest absolute Gasteiger partial charge is 0.494 e. The van der Waals surface area contributed by atoms with E-state index >= 15 is 0 Å². The number of nitrogens with zero attached hydrogens (tertiary/aromatic N) is 2. The summed E-state index contributed by atoms with van der Waals surface area (Å²) >= 11 is 0. The molecule has 1 atom stereocenters. The molecule has 3 rings (SSSR count). The molecule has 0 unspecified atom stereocenters. The van der Waals surface area contributed by atoms with Crippen LogP contribution >= 0.6 is 0 Å². The Labute approximate surface area is 143 Å². The Morgan fingerprint density at radius 3 is 3.08 bits per heavy atom. The fraction of sp³-hybridized carbons (Fsp3) is 0.611. The van der Waals surface area contributed by atoms with Gasteiger partial charge in [0.25, 0.3) is 0 Å². The van der Waals surface area contributed by atoms with E-state index in [1.165, 1.54) is 0 Å². The molecule has 1 aromatic carbocycles. The van der Waals surface area contributed by atoms with Gasteiger partial charge in [-0.2, -0.15) is 0 Å². The Morgan fingerprint density at radius 1 is 1.38 bits per heavy atom. The van der Waals surface area contributed by atoms with E-state index in [1.54, 1.807) is 0 Å². The highest BCUT2D eigenvalue weighted by atomic mass is 16.5. The minimum absolute atomic E-state index is 0.0109. The van der Waals surface area contributed by atoms with Crippen molar-refractivity contribution in [3.05, 3.63) is 29.3 Å². The Bertz CT molecular complexity index is 579. The highest BCUT2D eigenvalue weighted by Gasteiger charge is 2.31. The maximum atomic E-state index is 12.5. The van der Waals surface area contributed by atoms with Crippen LogP contribution in [-0.2, 0) is 11.3 Å². The number of morpholine rings is 1. The zero-order valence-electron chi connectivity index (χ0n) is 14.6. The summed E-state index contributed by atoms with van der Waals surface area (Å²) in [5.74, 6) is 0.850. The van der Waals surface area contributed by atoms with Crippen molar-refractivity contribution in [2.45, 2.75) is 26.4 Å². The number of fused-ring (bicyclic) bond motifs is 1. The first kappa shape index (κ1) is 17.0. The number of hydrogen-bond donors (Lipinski definition) is 1. The minimum atomic E-state index is -0.0109. The number of piperazine rings is 1. The molecule has 6 heteroatoms. The molecule has 0 aromatic heterocycles. The van der Waals surface area contributed by atoms with Crippen molar-refractivity contribution in [3.8, 4) is 5.75 Å². The highest BCUT2D eigenvalue weighted by Crippen LogP contribution is 2.20. The van der Waals surface area contributed by atoms with E-state index in [4.69, 9.17) is 9.47 Å². The lowest BCUT2D eigenvalue weighted by atomic mass is 10.1. The van der Waals surface area contributed by atoms with Gasteiger partial charge in [0, 0.05) is 38.3 Å². The summed E-state index contributed by atoms with van der Waals surface area (Å²) in [6, 6.07) is 6.40. The van der Waals surface area contributed by atoms with Gasteiger partial charge in [0.1, 0.15) is 5.75 Å². The van der Waals surface area contributed by atoms with Gasteiger partial charge in [0.15, 0.2) is 0 Å². The number of benzene rings is 1. The van der Waals surface area contributed by atoms with Crippen molar-refractivity contribution in [1.29, 1.82) is 0 Å². The molecule has 6 nitrogen and oxygen atoms in total. The summed E-state index contributed by atoms with van der Waals surface area (Å²) in [5.41, 5.74) is 2.16. The number of nitrogens with one attached hydrogen (secondary N) is 1. The number of urea groups is 1. The fourth-order valence-electron chi connectivity index (χ4n) is 3.31. The summed E-state index contributed by atoms with van der Waals surface area (Å²) < 4.78 is 11.2. The van der Waals surface area contributed by atoms with Gasteiger partial charge >= 0.3 is 6.03 Å². The van der Waals surface area contributed by atoms with Crippen LogP contribution in [0.15, 0.2) is 18.2 Å². The lowest BCUT2D eigenvalue weighted by Crippen LogP contribution is -2.60. The van der Waals surface area contributed by atoms with Gasteiger partial charge in [-0.15, -0.1) is 0 Å². The molecule has 2 aliphatic heterocycles. The number of ether oxygens (including phenoxy) is 2. The van der Waals surface area contributed by atoms with E-state index in [0.717, 1.165) is 56.3 Å². The number of hydrogen-bond acceptors (Lipinski definition) is 4. The summed E-state index contributed by atoms with van der Waals surface area (Å²) in [6.07, 6.45) is 0. The van der Waals surface area contributed by atoms with E-state index in [1.807, 2.05) is 36.9 Å². The Kier molecular flexibility index (Phi) is 5.58. The van der Waals surface area contributed by atoms with Gasteiger partial charge < -0.3 is 19.7 Å². The number of aryl methyl sites for hydroxylation is 1. The lowest BCUT2D eigenvalue weighted by Gasteiger charge is -2.43. The van der Waals surface area contributed by atoms with Crippen molar-refractivity contribution in [2.75, 3.05) is 46.0 Å². The van der Waals surface area contributed by atoms with Crippen LogP contribution in [-0.4, -0.2) is 67.9 Å². The zero-order chi connectivity index (χ0) is 16.9. The quantitative estimate of drug-likeness (QED) is 0.910. The Hall–Kier alpha value is -1.79. The predicted molar refractivity (Wildman–Crippen MR) is 92.3 cm³/mol. The smallest absolute Gasteiger partial charge is 0.317 e. The third kappa shape index (κ3) is 3.99. The van der Waals surface area contributed by atoms with Crippen LogP contribution in [0.25, 0.3) is 0 Å². The van der Waals surface area contributed by atoms with Gasteiger partial charge in [-0.05, 0) is 25.5 Å². The SMILES string of the molecule is CCOc1cc(C)ccc1CNC(=O)N1CCN2CCOC[C@H]2C1. The molecule has 132 valence electrons. The second-order valence-corrected chi connectivity index (χ2v) is 6.41. The second kappa shape index (κ2) is 7.85. The molecule has 1 N–H and O–H groups in total. The first-order valence-electron chi connectivity index (χ1n) is 8.74. The van der Waals surface area contributed by atoms with Gasteiger partial charge in [0.05, 0.1) is 25.9 Å². The average Bonchev–Trinajstić information content (AvgIpc) is 2.60. The summed E-state index contributed by atoms with van der Waals surface area (Å²) in [4.78, 5) is 16.8. The average molecular weight is 333 g/mol. The second-order valence-electron chi connectivity index (χ2n) is 6.41. The topological polar surface area (TPSA) is 54.0 Å². The van der Waals surface area contributed by atoms with E-state index in [0.29, 0.717) is 19.2 Å². The van der Waals surface area contributed by atoms with Gasteiger partial charge in [-0.25, -0.2) is 4.79 Å². The molecule has 0 aliphatic carbocycles. The molecule has 2 aliphatic rings. The monoisotopic (exact) mass is 333 g/mol. The zero-order valence-corrected chi connectivity index (χ0v) is 14.6. The molecule has 2 fully saturated rings. The first-order chi connectivity index (χ1) is 11.7. The number of carbonyl (C=O) groups is 1. The van der Waals surface area contributed by atoms with Gasteiger partial charge in [-0.3, -0.25) is 4.90 Å². The molecular formula is C18H27N3O3. The van der Waals surface area contributed by atoms with Gasteiger partial charge in [-0.1, -0.05) is 12.1 Å². The molecule has 24 heavy (non-hydrogen) atoms. The van der Waals surface area contributed by atoms with Crippen molar-refractivity contribution in [2.24, 2.45) is 0 Å².